The minimum absolute atomic E-state index is 0. The number of hydrogen-bond acceptors (Lipinski definition) is 3. The number of fused-ring (bicyclic) bond motifs is 12. The molecule has 14 aromatic rings. The minimum atomic E-state index is 0. The molecule has 14 rings (SSSR count). The van der Waals surface area contributed by atoms with Gasteiger partial charge in [0.1, 0.15) is 0 Å². The zero-order valence-corrected chi connectivity index (χ0v) is 41.7. The Morgan fingerprint density at radius 1 is 0.260 bits per heavy atom. The molecule has 0 saturated heterocycles. The molecular formula is C69H40IrN3. The monoisotopic (exact) mass is 1100 g/mol. The van der Waals surface area contributed by atoms with Crippen LogP contribution in [0.15, 0.2) is 243 Å². The average Bonchev–Trinajstić information content (AvgIpc) is 3.47. The van der Waals surface area contributed by atoms with E-state index >= 15 is 0 Å². The molecular weight excluding hydrogens is 1060 g/mol. The van der Waals surface area contributed by atoms with E-state index in [2.05, 4.69) is 206 Å². The van der Waals surface area contributed by atoms with Crippen molar-refractivity contribution >= 4 is 64.9 Å². The largest absolute Gasteiger partial charge is 3.00 e. The molecule has 340 valence electrons. The molecule has 0 aliphatic carbocycles. The van der Waals surface area contributed by atoms with Crippen LogP contribution in [0, 0.1) is 18.2 Å². The van der Waals surface area contributed by atoms with Crippen LogP contribution in [0.4, 0.5) is 0 Å². The smallest absolute Gasteiger partial charge is 0.304 e. The first-order valence-corrected chi connectivity index (χ1v) is 24.3. The average molecular weight is 1100 g/mol. The van der Waals surface area contributed by atoms with Crippen molar-refractivity contribution < 1.29 is 20.1 Å². The molecule has 0 radical (unpaired) electrons. The first kappa shape index (κ1) is 44.1. The third kappa shape index (κ3) is 7.59. The zero-order chi connectivity index (χ0) is 47.5. The normalized spacial score (nSPS) is 11.5. The fraction of sp³-hybridized carbons (Fsp3) is 0. The van der Waals surface area contributed by atoms with Crippen molar-refractivity contribution in [2.75, 3.05) is 0 Å². The Labute approximate surface area is 436 Å². The Morgan fingerprint density at radius 2 is 0.630 bits per heavy atom. The first-order chi connectivity index (χ1) is 35.7. The van der Waals surface area contributed by atoms with E-state index in [4.69, 9.17) is 15.0 Å². The molecule has 3 heterocycles. The summed E-state index contributed by atoms with van der Waals surface area (Å²) in [5, 5.41) is 11.4. The summed E-state index contributed by atoms with van der Waals surface area (Å²) in [5.41, 5.74) is 16.8. The zero-order valence-electron chi connectivity index (χ0n) is 39.3. The van der Waals surface area contributed by atoms with Gasteiger partial charge in [0.05, 0.1) is 0 Å². The molecule has 0 spiro atoms. The van der Waals surface area contributed by atoms with E-state index in [-0.39, 0.29) is 20.1 Å². The van der Waals surface area contributed by atoms with Crippen LogP contribution in [0.5, 0.6) is 0 Å². The Morgan fingerprint density at radius 3 is 1.05 bits per heavy atom. The second-order valence-corrected chi connectivity index (χ2v) is 18.4. The molecule has 0 unspecified atom stereocenters. The number of pyridine rings is 3. The van der Waals surface area contributed by atoms with Gasteiger partial charge < -0.3 is 15.0 Å². The summed E-state index contributed by atoms with van der Waals surface area (Å²) in [6, 6.07) is 90.2. The first-order valence-electron chi connectivity index (χ1n) is 24.3. The van der Waals surface area contributed by atoms with E-state index in [0.717, 1.165) is 121 Å². The van der Waals surface area contributed by atoms with Crippen LogP contribution < -0.4 is 0 Å². The summed E-state index contributed by atoms with van der Waals surface area (Å²) in [4.78, 5) is 15.4. The van der Waals surface area contributed by atoms with Gasteiger partial charge in [-0.1, -0.05) is 167 Å². The number of rotatable bonds is 7. The molecule has 0 atom stereocenters. The second kappa shape index (κ2) is 18.4. The minimum Gasteiger partial charge on any atom is -0.304 e. The van der Waals surface area contributed by atoms with E-state index in [1.807, 2.05) is 55.0 Å². The maximum Gasteiger partial charge on any atom is 3.00 e. The van der Waals surface area contributed by atoms with Crippen LogP contribution >= 0.6 is 0 Å². The van der Waals surface area contributed by atoms with Crippen molar-refractivity contribution in [3.8, 4) is 78.0 Å². The molecule has 73 heavy (non-hydrogen) atoms. The predicted octanol–water partition coefficient (Wildman–Crippen LogP) is 17.9. The van der Waals surface area contributed by atoms with E-state index in [1.165, 1.54) is 21.5 Å². The van der Waals surface area contributed by atoms with Crippen molar-refractivity contribution in [1.82, 2.24) is 15.0 Å². The molecule has 4 heteroatoms. The summed E-state index contributed by atoms with van der Waals surface area (Å²) in [5.74, 6) is 0. The van der Waals surface area contributed by atoms with Gasteiger partial charge in [0.15, 0.2) is 0 Å². The summed E-state index contributed by atoms with van der Waals surface area (Å²) in [7, 11) is 0. The van der Waals surface area contributed by atoms with Gasteiger partial charge >= 0.3 is 20.1 Å². The fourth-order valence-electron chi connectivity index (χ4n) is 11.0. The second-order valence-electron chi connectivity index (χ2n) is 18.4. The number of hydrogen-bond donors (Lipinski definition) is 0. The molecule has 0 aliphatic rings. The number of benzene rings is 11. The van der Waals surface area contributed by atoms with Gasteiger partial charge in [0, 0.05) is 18.6 Å². The molecule has 3 aromatic heterocycles. The van der Waals surface area contributed by atoms with Gasteiger partial charge in [-0.3, -0.25) is 0 Å². The van der Waals surface area contributed by atoms with Crippen molar-refractivity contribution in [3.05, 3.63) is 261 Å². The summed E-state index contributed by atoms with van der Waals surface area (Å²) in [6.45, 7) is 0. The molecule has 0 N–H and O–H groups in total. The van der Waals surface area contributed by atoms with Crippen molar-refractivity contribution in [2.24, 2.45) is 0 Å². The summed E-state index contributed by atoms with van der Waals surface area (Å²) >= 11 is 0. The maximum atomic E-state index is 5.23. The van der Waals surface area contributed by atoms with Gasteiger partial charge in [-0.2, -0.15) is 0 Å². The predicted molar refractivity (Wildman–Crippen MR) is 299 cm³/mol. The molecule has 0 fully saturated rings. The molecule has 0 aliphatic heterocycles. The van der Waals surface area contributed by atoms with Crippen molar-refractivity contribution in [3.63, 3.8) is 0 Å². The van der Waals surface area contributed by atoms with Crippen LogP contribution in [0.1, 0.15) is 0 Å². The van der Waals surface area contributed by atoms with Crippen molar-refractivity contribution in [1.29, 1.82) is 0 Å². The topological polar surface area (TPSA) is 38.7 Å². The number of aromatic nitrogens is 3. The van der Waals surface area contributed by atoms with Gasteiger partial charge in [-0.05, 0) is 123 Å². The van der Waals surface area contributed by atoms with Gasteiger partial charge in [0.2, 0.25) is 0 Å². The van der Waals surface area contributed by atoms with E-state index < -0.39 is 0 Å². The fourth-order valence-corrected chi connectivity index (χ4v) is 11.0. The molecule has 11 aromatic carbocycles. The van der Waals surface area contributed by atoms with Gasteiger partial charge in [0.25, 0.3) is 0 Å². The molecule has 0 bridgehead atoms. The maximum absolute atomic E-state index is 5.23. The van der Waals surface area contributed by atoms with E-state index in [1.54, 1.807) is 0 Å². The molecule has 0 amide bonds. The SMILES string of the molecule is [Ir+3].[c-]1ccccc1-c1ccc(-c2ccccc2-c2cc(-c3ccccc3-c3cnc4c5[c-]cccc5c5ccccc5c4c3)cc(-c3ccccc3-c3cnc4c5[c-]cccc5c5ccccc5c4c3)c2)cn1. The van der Waals surface area contributed by atoms with E-state index in [0.29, 0.717) is 0 Å². The standard InChI is InChI=1S/C69H40N3.Ir/c1-2-18-44(19-3-1)67-35-34-45(41-70-67)51-20-4-5-21-52(51)46-36-47(53-22-6-8-24-55(53)49-39-65-61-30-12-10-26-57(61)59-28-14-16-32-63(59)68(65)71-42-49)38-48(37-46)54-23-7-9-25-56(54)50-40-66-62-31-13-11-27-58(62)60-29-15-17-33-64(60)69(66)72-43-50;/h1-18,20-31,34-43H;/q-3;+3. The van der Waals surface area contributed by atoms with Crippen LogP contribution in [-0.4, -0.2) is 15.0 Å². The molecule has 3 nitrogen and oxygen atoms in total. The third-order valence-electron chi connectivity index (χ3n) is 14.3. The third-order valence-corrected chi connectivity index (χ3v) is 14.3. The Kier molecular flexibility index (Phi) is 11.1. The quantitative estimate of drug-likeness (QED) is 0.118. The van der Waals surface area contributed by atoms with Crippen LogP contribution in [-0.2, 0) is 20.1 Å². The number of nitrogens with zero attached hydrogens (tertiary/aromatic N) is 3. The van der Waals surface area contributed by atoms with Crippen molar-refractivity contribution in [2.45, 2.75) is 0 Å². The Bertz CT molecular complexity index is 4160. The van der Waals surface area contributed by atoms with E-state index in [9.17, 15) is 0 Å². The summed E-state index contributed by atoms with van der Waals surface area (Å²) < 4.78 is 0. The van der Waals surface area contributed by atoms with Crippen LogP contribution in [0.2, 0.25) is 0 Å². The Hall–Kier alpha value is -8.92. The van der Waals surface area contributed by atoms with Crippen LogP contribution in [0.3, 0.4) is 0 Å². The summed E-state index contributed by atoms with van der Waals surface area (Å²) in [6.07, 6.45) is 6.05. The Balaban J connectivity index is 0.00000516. The van der Waals surface area contributed by atoms with Gasteiger partial charge in [-0.15, -0.1) is 95.2 Å². The van der Waals surface area contributed by atoms with Gasteiger partial charge in [-0.25, -0.2) is 0 Å². The molecule has 0 saturated carbocycles. The van der Waals surface area contributed by atoms with Crippen LogP contribution in [0.25, 0.3) is 143 Å².